The lowest BCUT2D eigenvalue weighted by Gasteiger charge is -2.38. The summed E-state index contributed by atoms with van der Waals surface area (Å²) in [6, 6.07) is 9.12. The highest BCUT2D eigenvalue weighted by Crippen LogP contribution is 2.33. The first-order valence-electron chi connectivity index (χ1n) is 8.07. The van der Waals surface area contributed by atoms with E-state index in [1.807, 2.05) is 18.2 Å². The van der Waals surface area contributed by atoms with Gasteiger partial charge in [-0.05, 0) is 25.0 Å². The van der Waals surface area contributed by atoms with Crippen LogP contribution in [0.15, 0.2) is 35.5 Å². The molecule has 1 atom stereocenters. The number of hydrogen-bond donors (Lipinski definition) is 1. The fraction of sp³-hybridized carbons (Fsp3) is 0.471. The molecule has 1 aromatic rings. The van der Waals surface area contributed by atoms with Crippen molar-refractivity contribution in [2.45, 2.75) is 31.3 Å². The summed E-state index contributed by atoms with van der Waals surface area (Å²) in [7, 11) is 0. The number of likely N-dealkylation sites (tertiary alicyclic amines) is 1. The number of oxime groups is 1. The van der Waals surface area contributed by atoms with Gasteiger partial charge in [0.2, 0.25) is 5.91 Å². The van der Waals surface area contributed by atoms with Gasteiger partial charge in [-0.25, -0.2) is 0 Å². The average molecular weight is 333 g/mol. The second kappa shape index (κ2) is 6.98. The first-order chi connectivity index (χ1) is 11.6. The van der Waals surface area contributed by atoms with Gasteiger partial charge in [-0.1, -0.05) is 23.4 Å². The summed E-state index contributed by atoms with van der Waals surface area (Å²) in [6.45, 7) is 0.275. The van der Waals surface area contributed by atoms with Gasteiger partial charge in [-0.2, -0.15) is 0 Å². The van der Waals surface area contributed by atoms with Crippen LogP contribution in [0.5, 0.6) is 0 Å². The van der Waals surface area contributed by atoms with Crippen LogP contribution in [-0.4, -0.2) is 47.8 Å². The van der Waals surface area contributed by atoms with Crippen LogP contribution in [0.1, 0.15) is 25.7 Å². The summed E-state index contributed by atoms with van der Waals surface area (Å²) in [6.07, 6.45) is 1.71. The lowest BCUT2D eigenvalue weighted by atomic mass is 9.88. The Balaban J connectivity index is 1.61. The van der Waals surface area contributed by atoms with Gasteiger partial charge in [0.05, 0.1) is 19.6 Å². The first-order valence-corrected chi connectivity index (χ1v) is 8.07. The van der Waals surface area contributed by atoms with Crippen molar-refractivity contribution in [3.8, 4) is 0 Å². The third kappa shape index (κ3) is 3.55. The fourth-order valence-electron chi connectivity index (χ4n) is 3.14. The smallest absolute Gasteiger partial charge is 0.273 e. The molecule has 1 unspecified atom stereocenters. The number of benzene rings is 1. The second-order valence-corrected chi connectivity index (χ2v) is 6.17. The number of para-hydroxylation sites is 1. The summed E-state index contributed by atoms with van der Waals surface area (Å²) in [5, 5.41) is 6.72. The zero-order valence-corrected chi connectivity index (χ0v) is 13.3. The highest BCUT2D eigenvalue weighted by Gasteiger charge is 2.45. The average Bonchev–Trinajstić information content (AvgIpc) is 2.99. The number of rotatable bonds is 4. The van der Waals surface area contributed by atoms with Crippen LogP contribution < -0.4 is 5.32 Å². The first kappa shape index (κ1) is 16.4. The topological polar surface area (TPSA) is 71.0 Å². The van der Waals surface area contributed by atoms with Crippen molar-refractivity contribution in [1.29, 1.82) is 0 Å². The lowest BCUT2D eigenvalue weighted by molar-refractivity contribution is -0.140. The van der Waals surface area contributed by atoms with Crippen molar-refractivity contribution in [2.75, 3.05) is 25.1 Å². The quantitative estimate of drug-likeness (QED) is 0.917. The maximum absolute atomic E-state index is 12.4. The maximum Gasteiger partial charge on any atom is 0.273 e. The van der Waals surface area contributed by atoms with Gasteiger partial charge in [0.1, 0.15) is 5.71 Å². The molecule has 7 heteroatoms. The van der Waals surface area contributed by atoms with Crippen LogP contribution in [0, 0.1) is 0 Å². The van der Waals surface area contributed by atoms with E-state index >= 15 is 0 Å². The van der Waals surface area contributed by atoms with Gasteiger partial charge in [0, 0.05) is 18.7 Å². The molecule has 2 aliphatic heterocycles. The van der Waals surface area contributed by atoms with Gasteiger partial charge in [0.25, 0.3) is 5.91 Å². The number of piperidine rings is 1. The normalized spacial score (nSPS) is 22.9. The monoisotopic (exact) mass is 333 g/mol. The zero-order chi connectivity index (χ0) is 17.0. The number of anilines is 1. The molecule has 6 nitrogen and oxygen atoms in total. The van der Waals surface area contributed by atoms with Crippen molar-refractivity contribution in [3.63, 3.8) is 0 Å². The number of carbonyl (C=O) groups is 2. The molecule has 1 saturated heterocycles. The third-order valence-electron chi connectivity index (χ3n) is 4.33. The van der Waals surface area contributed by atoms with Crippen LogP contribution in [0.3, 0.4) is 0 Å². The van der Waals surface area contributed by atoms with Gasteiger partial charge >= 0.3 is 0 Å². The minimum atomic E-state index is -0.662. The molecule has 2 heterocycles. The second-order valence-electron chi connectivity index (χ2n) is 6.17. The summed E-state index contributed by atoms with van der Waals surface area (Å²) < 4.78 is 12.4. The molecule has 0 aromatic heterocycles. The number of nitrogens with zero attached hydrogens (tertiary/aromatic N) is 2. The fourth-order valence-corrected chi connectivity index (χ4v) is 3.14. The van der Waals surface area contributed by atoms with E-state index in [1.165, 1.54) is 0 Å². The molecular weight excluding hydrogens is 313 g/mol. The summed E-state index contributed by atoms with van der Waals surface area (Å²) in [5.74, 6) is -0.521. The Labute approximate surface area is 139 Å². The predicted octanol–water partition coefficient (Wildman–Crippen LogP) is 2.12. The third-order valence-corrected chi connectivity index (χ3v) is 4.33. The van der Waals surface area contributed by atoms with Crippen molar-refractivity contribution in [1.82, 2.24) is 4.90 Å². The van der Waals surface area contributed by atoms with E-state index in [0.29, 0.717) is 30.9 Å². The van der Waals surface area contributed by atoms with Crippen LogP contribution >= 0.6 is 0 Å². The van der Waals surface area contributed by atoms with Gasteiger partial charge < -0.3 is 15.1 Å². The van der Waals surface area contributed by atoms with E-state index < -0.39 is 12.3 Å². The number of hydrogen-bond acceptors (Lipinski definition) is 4. The van der Waals surface area contributed by atoms with Crippen LogP contribution in [0.2, 0.25) is 0 Å². The Morgan fingerprint density at radius 3 is 2.88 bits per heavy atom. The number of nitrogens with one attached hydrogen (secondary N) is 1. The van der Waals surface area contributed by atoms with Crippen molar-refractivity contribution < 1.29 is 18.8 Å². The van der Waals surface area contributed by atoms with E-state index in [0.717, 1.165) is 12.8 Å². The Morgan fingerprint density at radius 1 is 1.33 bits per heavy atom. The molecule has 24 heavy (non-hydrogen) atoms. The summed E-state index contributed by atoms with van der Waals surface area (Å²) in [5.41, 5.74) is 0.348. The minimum Gasteiger partial charge on any atom is -0.386 e. The molecule has 1 aromatic carbocycles. The maximum atomic E-state index is 12.4. The summed E-state index contributed by atoms with van der Waals surface area (Å²) >= 11 is 0. The summed E-state index contributed by atoms with van der Waals surface area (Å²) in [4.78, 5) is 31.4. The Hall–Kier alpha value is -2.44. The molecule has 128 valence electrons. The Bertz CT molecular complexity index is 650. The molecular formula is C17H20FN3O3. The minimum absolute atomic E-state index is 0.113. The molecule has 0 aliphatic carbocycles. The molecule has 1 fully saturated rings. The molecule has 2 amide bonds. The SMILES string of the molecule is O=C(Nc1ccccc1)C1=NOC2(CCCN(C(=O)CCF)C2)C1. The largest absolute Gasteiger partial charge is 0.386 e. The molecule has 1 spiro atoms. The highest BCUT2D eigenvalue weighted by atomic mass is 19.1. The van der Waals surface area contributed by atoms with Crippen molar-refractivity contribution in [3.05, 3.63) is 30.3 Å². The van der Waals surface area contributed by atoms with E-state index in [-0.39, 0.29) is 18.2 Å². The number of alkyl halides is 1. The van der Waals surface area contributed by atoms with E-state index in [1.54, 1.807) is 17.0 Å². The number of carbonyl (C=O) groups excluding carboxylic acids is 2. The van der Waals surface area contributed by atoms with E-state index in [4.69, 9.17) is 4.84 Å². The predicted molar refractivity (Wildman–Crippen MR) is 87.3 cm³/mol. The lowest BCUT2D eigenvalue weighted by Crippen LogP contribution is -2.50. The molecule has 0 bridgehead atoms. The highest BCUT2D eigenvalue weighted by molar-refractivity contribution is 6.43. The van der Waals surface area contributed by atoms with Gasteiger partial charge in [-0.3, -0.25) is 14.0 Å². The van der Waals surface area contributed by atoms with E-state index in [2.05, 4.69) is 10.5 Å². The van der Waals surface area contributed by atoms with Crippen molar-refractivity contribution in [2.24, 2.45) is 5.16 Å². The molecule has 0 radical (unpaired) electrons. The molecule has 2 aliphatic rings. The Morgan fingerprint density at radius 2 is 2.12 bits per heavy atom. The number of amides is 2. The standard InChI is InChI=1S/C17H20FN3O3/c18-9-7-15(22)21-10-4-8-17(12-21)11-14(20-24-17)16(23)19-13-5-2-1-3-6-13/h1-3,5-6H,4,7-12H2,(H,19,23). The molecule has 1 N–H and O–H groups in total. The van der Waals surface area contributed by atoms with Crippen LogP contribution in [0.25, 0.3) is 0 Å². The van der Waals surface area contributed by atoms with E-state index in [9.17, 15) is 14.0 Å². The number of halogens is 1. The Kier molecular flexibility index (Phi) is 4.78. The molecule has 3 rings (SSSR count). The van der Waals surface area contributed by atoms with Crippen LogP contribution in [-0.2, 0) is 14.4 Å². The van der Waals surface area contributed by atoms with Crippen LogP contribution in [0.4, 0.5) is 10.1 Å². The van der Waals surface area contributed by atoms with Gasteiger partial charge in [0.15, 0.2) is 5.60 Å². The van der Waals surface area contributed by atoms with Crippen molar-refractivity contribution >= 4 is 23.2 Å². The molecule has 0 saturated carbocycles. The zero-order valence-electron chi connectivity index (χ0n) is 13.3. The van der Waals surface area contributed by atoms with Gasteiger partial charge in [-0.15, -0.1) is 0 Å².